The number of allylic oxidation sites excluding steroid dienone is 5. The maximum Gasteiger partial charge on any atom is 0.0959 e. The molecule has 0 saturated heterocycles. The van der Waals surface area contributed by atoms with Gasteiger partial charge in [0.2, 0.25) is 0 Å². The van der Waals surface area contributed by atoms with Crippen LogP contribution in [-0.2, 0) is 4.74 Å². The highest BCUT2D eigenvalue weighted by Crippen LogP contribution is 2.17. The summed E-state index contributed by atoms with van der Waals surface area (Å²) in [5, 5.41) is 0. The monoisotopic (exact) mass is 178 g/mol. The SMILES string of the molecule is CCC1=CC(C)C=C(OC)CC=C1. The van der Waals surface area contributed by atoms with E-state index in [1.807, 2.05) is 0 Å². The molecule has 13 heavy (non-hydrogen) atoms. The Hall–Kier alpha value is -0.980. The van der Waals surface area contributed by atoms with Crippen LogP contribution in [0.1, 0.15) is 26.7 Å². The predicted octanol–water partition coefficient (Wildman–Crippen LogP) is 3.45. The molecule has 0 aromatic carbocycles. The lowest BCUT2D eigenvalue weighted by atomic mass is 10.0. The molecular weight excluding hydrogens is 160 g/mol. The first-order valence-corrected chi connectivity index (χ1v) is 4.88. The van der Waals surface area contributed by atoms with Gasteiger partial charge >= 0.3 is 0 Å². The van der Waals surface area contributed by atoms with E-state index in [-0.39, 0.29) is 0 Å². The molecule has 0 aliphatic heterocycles. The van der Waals surface area contributed by atoms with Crippen LogP contribution in [0, 0.1) is 5.92 Å². The molecule has 1 aliphatic rings. The first kappa shape index (κ1) is 10.1. The van der Waals surface area contributed by atoms with Gasteiger partial charge in [0.1, 0.15) is 0 Å². The Balaban J connectivity index is 2.81. The average molecular weight is 178 g/mol. The van der Waals surface area contributed by atoms with Gasteiger partial charge in [0, 0.05) is 6.42 Å². The lowest BCUT2D eigenvalue weighted by Gasteiger charge is -2.10. The first-order valence-electron chi connectivity index (χ1n) is 4.88. The molecule has 1 heteroatoms. The van der Waals surface area contributed by atoms with Crippen LogP contribution >= 0.6 is 0 Å². The topological polar surface area (TPSA) is 9.23 Å². The molecule has 0 fully saturated rings. The summed E-state index contributed by atoms with van der Waals surface area (Å²) in [6.45, 7) is 4.37. The third-order valence-electron chi connectivity index (χ3n) is 2.25. The zero-order valence-electron chi connectivity index (χ0n) is 8.71. The lowest BCUT2D eigenvalue weighted by Crippen LogP contribution is -1.95. The molecule has 72 valence electrons. The molecular formula is C12H18O. The summed E-state index contributed by atoms with van der Waals surface area (Å²) in [6.07, 6.45) is 10.8. The van der Waals surface area contributed by atoms with Gasteiger partial charge in [-0.05, 0) is 18.4 Å². The van der Waals surface area contributed by atoms with Gasteiger partial charge in [-0.15, -0.1) is 0 Å². The number of hydrogen-bond donors (Lipinski definition) is 0. The summed E-state index contributed by atoms with van der Waals surface area (Å²) in [5.41, 5.74) is 1.42. The summed E-state index contributed by atoms with van der Waals surface area (Å²) in [6, 6.07) is 0. The van der Waals surface area contributed by atoms with Crippen molar-refractivity contribution < 1.29 is 4.74 Å². The molecule has 1 atom stereocenters. The predicted molar refractivity (Wildman–Crippen MR) is 56.4 cm³/mol. The Kier molecular flexibility index (Phi) is 3.81. The van der Waals surface area contributed by atoms with Crippen LogP contribution in [0.5, 0.6) is 0 Å². The highest BCUT2D eigenvalue weighted by Gasteiger charge is 2.02. The normalized spacial score (nSPS) is 22.8. The highest BCUT2D eigenvalue weighted by molar-refractivity contribution is 5.24. The van der Waals surface area contributed by atoms with E-state index in [9.17, 15) is 0 Å². The van der Waals surface area contributed by atoms with Crippen LogP contribution in [0.4, 0.5) is 0 Å². The van der Waals surface area contributed by atoms with Gasteiger partial charge in [0.05, 0.1) is 12.9 Å². The van der Waals surface area contributed by atoms with Crippen molar-refractivity contribution in [3.63, 3.8) is 0 Å². The minimum absolute atomic E-state index is 0.481. The van der Waals surface area contributed by atoms with Gasteiger partial charge in [0.15, 0.2) is 0 Å². The van der Waals surface area contributed by atoms with Gasteiger partial charge in [-0.3, -0.25) is 0 Å². The van der Waals surface area contributed by atoms with E-state index in [4.69, 9.17) is 4.74 Å². The van der Waals surface area contributed by atoms with Crippen molar-refractivity contribution in [1.82, 2.24) is 0 Å². The molecule has 1 rings (SSSR count). The standard InChI is InChI=1S/C12H18O/c1-4-11-6-5-7-12(13-3)9-10(2)8-11/h5-6,8-10H,4,7H2,1-3H3. The second-order valence-corrected chi connectivity index (χ2v) is 3.40. The van der Waals surface area contributed by atoms with E-state index in [0.29, 0.717) is 5.92 Å². The summed E-state index contributed by atoms with van der Waals surface area (Å²) in [4.78, 5) is 0. The molecule has 0 bridgehead atoms. The minimum atomic E-state index is 0.481. The molecule has 0 saturated carbocycles. The fourth-order valence-electron chi connectivity index (χ4n) is 1.52. The van der Waals surface area contributed by atoms with E-state index in [1.165, 1.54) is 5.57 Å². The smallest absolute Gasteiger partial charge is 0.0959 e. The fraction of sp³-hybridized carbons (Fsp3) is 0.500. The van der Waals surface area contributed by atoms with Crippen molar-refractivity contribution in [1.29, 1.82) is 0 Å². The largest absolute Gasteiger partial charge is 0.501 e. The maximum absolute atomic E-state index is 5.25. The van der Waals surface area contributed by atoms with Gasteiger partial charge in [0.25, 0.3) is 0 Å². The molecule has 1 unspecified atom stereocenters. The lowest BCUT2D eigenvalue weighted by molar-refractivity contribution is 0.281. The zero-order valence-corrected chi connectivity index (χ0v) is 8.71. The van der Waals surface area contributed by atoms with Crippen molar-refractivity contribution in [2.24, 2.45) is 5.92 Å². The Morgan fingerprint density at radius 1 is 1.46 bits per heavy atom. The fourth-order valence-corrected chi connectivity index (χ4v) is 1.52. The molecule has 0 amide bonds. The Morgan fingerprint density at radius 3 is 2.85 bits per heavy atom. The van der Waals surface area contributed by atoms with Crippen LogP contribution in [-0.4, -0.2) is 7.11 Å². The Morgan fingerprint density at radius 2 is 2.23 bits per heavy atom. The number of ether oxygens (including phenoxy) is 1. The van der Waals surface area contributed by atoms with E-state index in [0.717, 1.165) is 18.6 Å². The summed E-state index contributed by atoms with van der Waals surface area (Å²) in [7, 11) is 1.73. The highest BCUT2D eigenvalue weighted by atomic mass is 16.5. The van der Waals surface area contributed by atoms with Crippen LogP contribution in [0.3, 0.4) is 0 Å². The molecule has 0 N–H and O–H groups in total. The second kappa shape index (κ2) is 4.90. The summed E-state index contributed by atoms with van der Waals surface area (Å²) in [5.74, 6) is 1.55. The Bertz CT molecular complexity index is 246. The second-order valence-electron chi connectivity index (χ2n) is 3.40. The number of hydrogen-bond acceptors (Lipinski definition) is 1. The number of methoxy groups -OCH3 is 1. The van der Waals surface area contributed by atoms with E-state index >= 15 is 0 Å². The summed E-state index contributed by atoms with van der Waals surface area (Å²) >= 11 is 0. The Labute approximate surface area is 80.8 Å². The van der Waals surface area contributed by atoms with Gasteiger partial charge < -0.3 is 4.74 Å². The molecule has 0 aromatic heterocycles. The zero-order chi connectivity index (χ0) is 9.68. The van der Waals surface area contributed by atoms with Crippen molar-refractivity contribution in [3.8, 4) is 0 Å². The average Bonchev–Trinajstić information content (AvgIpc) is 2.10. The molecule has 0 radical (unpaired) electrons. The molecule has 0 heterocycles. The van der Waals surface area contributed by atoms with Crippen LogP contribution in [0.2, 0.25) is 0 Å². The minimum Gasteiger partial charge on any atom is -0.501 e. The van der Waals surface area contributed by atoms with Gasteiger partial charge in [-0.2, -0.15) is 0 Å². The first-order chi connectivity index (χ1) is 6.26. The van der Waals surface area contributed by atoms with Crippen LogP contribution in [0.25, 0.3) is 0 Å². The molecule has 1 nitrogen and oxygen atoms in total. The third kappa shape index (κ3) is 3.10. The van der Waals surface area contributed by atoms with Crippen molar-refractivity contribution >= 4 is 0 Å². The van der Waals surface area contributed by atoms with Crippen molar-refractivity contribution in [3.05, 3.63) is 35.6 Å². The van der Waals surface area contributed by atoms with Crippen molar-refractivity contribution in [2.75, 3.05) is 7.11 Å². The molecule has 0 aromatic rings. The van der Waals surface area contributed by atoms with Gasteiger partial charge in [-0.25, -0.2) is 0 Å². The number of rotatable bonds is 2. The maximum atomic E-state index is 5.25. The van der Waals surface area contributed by atoms with E-state index in [2.05, 4.69) is 38.2 Å². The third-order valence-corrected chi connectivity index (χ3v) is 2.25. The van der Waals surface area contributed by atoms with Crippen molar-refractivity contribution in [2.45, 2.75) is 26.7 Å². The van der Waals surface area contributed by atoms with Gasteiger partial charge in [-0.1, -0.05) is 37.6 Å². The van der Waals surface area contributed by atoms with E-state index < -0.39 is 0 Å². The molecule has 1 aliphatic carbocycles. The summed E-state index contributed by atoms with van der Waals surface area (Å²) < 4.78 is 5.25. The van der Waals surface area contributed by atoms with Crippen LogP contribution < -0.4 is 0 Å². The van der Waals surface area contributed by atoms with Crippen LogP contribution in [0.15, 0.2) is 35.6 Å². The van der Waals surface area contributed by atoms with E-state index in [1.54, 1.807) is 7.11 Å². The molecule has 0 spiro atoms. The quantitative estimate of drug-likeness (QED) is 0.629.